The maximum Gasteiger partial charge on any atom is 0.271 e. The van der Waals surface area contributed by atoms with Gasteiger partial charge >= 0.3 is 0 Å². The van der Waals surface area contributed by atoms with Crippen LogP contribution in [0, 0.1) is 10.1 Å². The number of amides is 1. The predicted molar refractivity (Wildman–Crippen MR) is 94.4 cm³/mol. The molecule has 0 saturated heterocycles. The summed E-state index contributed by atoms with van der Waals surface area (Å²) in [5, 5.41) is 14.0. The lowest BCUT2D eigenvalue weighted by Crippen LogP contribution is -2.32. The summed E-state index contributed by atoms with van der Waals surface area (Å²) >= 11 is 5.91. The summed E-state index contributed by atoms with van der Waals surface area (Å²) in [6, 6.07) is 10.7. The Balaban J connectivity index is 2.18. The molecule has 1 atom stereocenters. The molecule has 0 unspecified atom stereocenters. The van der Waals surface area contributed by atoms with E-state index in [0.717, 1.165) is 0 Å². The molecular formula is C17H17ClN2O5. The maximum atomic E-state index is 12.5. The van der Waals surface area contributed by atoms with Crippen LogP contribution in [0.2, 0.25) is 5.02 Å². The van der Waals surface area contributed by atoms with Crippen LogP contribution in [0.25, 0.3) is 0 Å². The normalized spacial score (nSPS) is 11.5. The van der Waals surface area contributed by atoms with Crippen molar-refractivity contribution in [2.75, 3.05) is 12.4 Å². The average molecular weight is 365 g/mol. The molecule has 0 saturated carbocycles. The SMILES string of the molecule is CC[C@@H](Oc1cccc(Cl)c1)C(=O)Nc1cc([N+](=O)[O-])ccc1OC. The molecule has 0 aliphatic rings. The number of nitro groups is 1. The molecule has 2 aromatic carbocycles. The van der Waals surface area contributed by atoms with Gasteiger partial charge in [0.15, 0.2) is 6.10 Å². The number of ether oxygens (including phenoxy) is 2. The standard InChI is InChI=1S/C17H17ClN2O5/c1-3-15(25-13-6-4-5-11(18)9-13)17(21)19-14-10-12(20(22)23)7-8-16(14)24-2/h4-10,15H,3H2,1-2H3,(H,19,21)/t15-/m1/s1. The molecule has 0 radical (unpaired) electrons. The van der Waals surface area contributed by atoms with E-state index in [1.807, 2.05) is 0 Å². The number of anilines is 1. The Hall–Kier alpha value is -2.80. The number of non-ortho nitro benzene ring substituents is 1. The first-order chi connectivity index (χ1) is 11.9. The van der Waals surface area contributed by atoms with Crippen molar-refractivity contribution in [2.24, 2.45) is 0 Å². The summed E-state index contributed by atoms with van der Waals surface area (Å²) in [5.74, 6) is 0.332. The molecule has 0 fully saturated rings. The Morgan fingerprint density at radius 1 is 1.32 bits per heavy atom. The lowest BCUT2D eigenvalue weighted by atomic mass is 10.2. The zero-order valence-electron chi connectivity index (χ0n) is 13.7. The molecule has 2 rings (SSSR count). The van der Waals surface area contributed by atoms with E-state index in [1.165, 1.54) is 25.3 Å². The van der Waals surface area contributed by atoms with Crippen LogP contribution in [0.3, 0.4) is 0 Å². The quantitative estimate of drug-likeness (QED) is 0.591. The fourth-order valence-corrected chi connectivity index (χ4v) is 2.33. The Morgan fingerprint density at radius 3 is 2.68 bits per heavy atom. The third-order valence-corrected chi connectivity index (χ3v) is 3.62. The Bertz CT molecular complexity index is 781. The van der Waals surface area contributed by atoms with Gasteiger partial charge in [0, 0.05) is 17.2 Å². The van der Waals surface area contributed by atoms with Crippen LogP contribution in [-0.4, -0.2) is 24.0 Å². The third kappa shape index (κ3) is 4.84. The minimum absolute atomic E-state index is 0.153. The summed E-state index contributed by atoms with van der Waals surface area (Å²) in [7, 11) is 1.41. The van der Waals surface area contributed by atoms with E-state index in [9.17, 15) is 14.9 Å². The number of methoxy groups -OCH3 is 1. The molecule has 1 amide bonds. The van der Waals surface area contributed by atoms with E-state index in [0.29, 0.717) is 22.9 Å². The van der Waals surface area contributed by atoms with Crippen LogP contribution >= 0.6 is 11.6 Å². The monoisotopic (exact) mass is 364 g/mol. The number of halogens is 1. The minimum Gasteiger partial charge on any atom is -0.495 e. The van der Waals surface area contributed by atoms with Crippen molar-refractivity contribution in [3.8, 4) is 11.5 Å². The molecule has 0 heterocycles. The van der Waals surface area contributed by atoms with Gasteiger partial charge in [0.1, 0.15) is 11.5 Å². The van der Waals surface area contributed by atoms with Crippen molar-refractivity contribution < 1.29 is 19.2 Å². The largest absolute Gasteiger partial charge is 0.495 e. The molecule has 0 spiro atoms. The van der Waals surface area contributed by atoms with Crippen molar-refractivity contribution in [2.45, 2.75) is 19.4 Å². The van der Waals surface area contributed by atoms with Crippen LogP contribution in [0.1, 0.15) is 13.3 Å². The van der Waals surface area contributed by atoms with Gasteiger partial charge in [0.25, 0.3) is 11.6 Å². The van der Waals surface area contributed by atoms with Gasteiger partial charge in [0.05, 0.1) is 17.7 Å². The second-order valence-corrected chi connectivity index (χ2v) is 5.54. The van der Waals surface area contributed by atoms with E-state index in [4.69, 9.17) is 21.1 Å². The number of hydrogen-bond donors (Lipinski definition) is 1. The lowest BCUT2D eigenvalue weighted by molar-refractivity contribution is -0.384. The topological polar surface area (TPSA) is 90.7 Å². The van der Waals surface area contributed by atoms with Gasteiger partial charge < -0.3 is 14.8 Å². The van der Waals surface area contributed by atoms with Crippen LogP contribution in [0.5, 0.6) is 11.5 Å². The number of nitro benzene ring substituents is 1. The van der Waals surface area contributed by atoms with Crippen LogP contribution in [0.4, 0.5) is 11.4 Å². The molecular weight excluding hydrogens is 348 g/mol. The van der Waals surface area contributed by atoms with Crippen molar-refractivity contribution in [1.29, 1.82) is 0 Å². The molecule has 2 aromatic rings. The van der Waals surface area contributed by atoms with Gasteiger partial charge in [-0.05, 0) is 30.7 Å². The van der Waals surface area contributed by atoms with Gasteiger partial charge in [-0.1, -0.05) is 24.6 Å². The summed E-state index contributed by atoms with van der Waals surface area (Å²) in [6.45, 7) is 1.79. The summed E-state index contributed by atoms with van der Waals surface area (Å²) < 4.78 is 10.8. The van der Waals surface area contributed by atoms with E-state index >= 15 is 0 Å². The van der Waals surface area contributed by atoms with Crippen LogP contribution in [0.15, 0.2) is 42.5 Å². The highest BCUT2D eigenvalue weighted by Crippen LogP contribution is 2.29. The fourth-order valence-electron chi connectivity index (χ4n) is 2.15. The van der Waals surface area contributed by atoms with Crippen molar-refractivity contribution >= 4 is 28.9 Å². The van der Waals surface area contributed by atoms with E-state index < -0.39 is 16.9 Å². The second kappa shape index (κ2) is 8.34. The highest BCUT2D eigenvalue weighted by Gasteiger charge is 2.21. The second-order valence-electron chi connectivity index (χ2n) is 5.10. The van der Waals surface area contributed by atoms with Gasteiger partial charge in [-0.15, -0.1) is 0 Å². The first-order valence-corrected chi connectivity index (χ1v) is 7.88. The molecule has 0 aliphatic carbocycles. The molecule has 1 N–H and O–H groups in total. The Morgan fingerprint density at radius 2 is 2.08 bits per heavy atom. The summed E-state index contributed by atoms with van der Waals surface area (Å²) in [4.78, 5) is 22.9. The average Bonchev–Trinajstić information content (AvgIpc) is 2.59. The molecule has 0 aliphatic heterocycles. The third-order valence-electron chi connectivity index (χ3n) is 3.39. The van der Waals surface area contributed by atoms with E-state index in [2.05, 4.69) is 5.32 Å². The zero-order chi connectivity index (χ0) is 18.4. The number of nitrogens with one attached hydrogen (secondary N) is 1. The Labute approximate surface area is 149 Å². The number of carbonyl (C=O) groups is 1. The number of benzene rings is 2. The molecule has 0 aromatic heterocycles. The van der Waals surface area contributed by atoms with Gasteiger partial charge in [-0.3, -0.25) is 14.9 Å². The minimum atomic E-state index is -0.789. The van der Waals surface area contributed by atoms with Crippen LogP contribution in [-0.2, 0) is 4.79 Å². The number of carbonyl (C=O) groups excluding carboxylic acids is 1. The highest BCUT2D eigenvalue weighted by atomic mass is 35.5. The zero-order valence-corrected chi connectivity index (χ0v) is 14.4. The van der Waals surface area contributed by atoms with Crippen molar-refractivity contribution in [1.82, 2.24) is 0 Å². The number of nitrogens with zero attached hydrogens (tertiary/aromatic N) is 1. The highest BCUT2D eigenvalue weighted by molar-refractivity contribution is 6.30. The van der Waals surface area contributed by atoms with Gasteiger partial charge in [-0.2, -0.15) is 0 Å². The molecule has 7 nitrogen and oxygen atoms in total. The van der Waals surface area contributed by atoms with Crippen molar-refractivity contribution in [3.63, 3.8) is 0 Å². The van der Waals surface area contributed by atoms with Gasteiger partial charge in [0.2, 0.25) is 0 Å². The summed E-state index contributed by atoms with van der Waals surface area (Å²) in [5.41, 5.74) is 0.0507. The van der Waals surface area contributed by atoms with Crippen LogP contribution < -0.4 is 14.8 Å². The van der Waals surface area contributed by atoms with Gasteiger partial charge in [-0.25, -0.2) is 0 Å². The fraction of sp³-hybridized carbons (Fsp3) is 0.235. The lowest BCUT2D eigenvalue weighted by Gasteiger charge is -2.18. The molecule has 8 heteroatoms. The predicted octanol–water partition coefficient (Wildman–Crippen LogP) is 4.05. The Kier molecular flexibility index (Phi) is 6.19. The maximum absolute atomic E-state index is 12.5. The first kappa shape index (κ1) is 18.5. The molecule has 132 valence electrons. The molecule has 25 heavy (non-hydrogen) atoms. The number of rotatable bonds is 7. The molecule has 0 bridgehead atoms. The first-order valence-electron chi connectivity index (χ1n) is 7.50. The summed E-state index contributed by atoms with van der Waals surface area (Å²) in [6.07, 6.45) is -0.391. The number of hydrogen-bond acceptors (Lipinski definition) is 5. The van der Waals surface area contributed by atoms with E-state index in [1.54, 1.807) is 31.2 Å². The van der Waals surface area contributed by atoms with Crippen molar-refractivity contribution in [3.05, 3.63) is 57.6 Å². The van der Waals surface area contributed by atoms with E-state index in [-0.39, 0.29) is 11.4 Å². The smallest absolute Gasteiger partial charge is 0.271 e.